The Bertz CT molecular complexity index is 704. The molecule has 0 saturated heterocycles. The van der Waals surface area contributed by atoms with Crippen LogP contribution in [0.15, 0.2) is 109 Å². The number of rotatable bonds is 6. The van der Waals surface area contributed by atoms with E-state index in [1.165, 1.54) is 0 Å². The first-order chi connectivity index (χ1) is 11.9. The summed E-state index contributed by atoms with van der Waals surface area (Å²) in [6.45, 7) is 4.07. The Morgan fingerprint density at radius 3 is 1.42 bits per heavy atom. The summed E-state index contributed by atoms with van der Waals surface area (Å²) >= 11 is 0. The average molecular weight is 312 g/mol. The summed E-state index contributed by atoms with van der Waals surface area (Å²) < 4.78 is 6.47. The second-order valence-electron chi connectivity index (χ2n) is 5.50. The van der Waals surface area contributed by atoms with Crippen molar-refractivity contribution in [2.45, 2.75) is 5.60 Å². The SMILES string of the molecule is C=C=CCOC(c1ccccc1)(c1ccccc1)c1ccccc1. The van der Waals surface area contributed by atoms with Crippen LogP contribution in [0, 0.1) is 0 Å². The minimum absolute atomic E-state index is 0.433. The molecular formula is C23H20O. The molecule has 0 saturated carbocycles. The van der Waals surface area contributed by atoms with E-state index in [0.29, 0.717) is 6.61 Å². The minimum Gasteiger partial charge on any atom is -0.356 e. The zero-order chi connectivity index (χ0) is 16.7. The highest BCUT2D eigenvalue weighted by atomic mass is 16.5. The highest BCUT2D eigenvalue weighted by Crippen LogP contribution is 2.40. The molecule has 1 nitrogen and oxygen atoms in total. The third-order valence-electron chi connectivity index (χ3n) is 4.07. The highest BCUT2D eigenvalue weighted by Gasteiger charge is 2.37. The van der Waals surface area contributed by atoms with Crippen LogP contribution in [0.4, 0.5) is 0 Å². The molecule has 0 unspecified atom stereocenters. The second-order valence-corrected chi connectivity index (χ2v) is 5.50. The Balaban J connectivity index is 2.25. The summed E-state index contributed by atoms with van der Waals surface area (Å²) in [7, 11) is 0. The maximum absolute atomic E-state index is 6.47. The van der Waals surface area contributed by atoms with Crippen LogP contribution in [0.25, 0.3) is 0 Å². The van der Waals surface area contributed by atoms with Crippen molar-refractivity contribution in [3.63, 3.8) is 0 Å². The van der Waals surface area contributed by atoms with Gasteiger partial charge in [0.15, 0.2) is 0 Å². The van der Waals surface area contributed by atoms with E-state index in [1.807, 2.05) is 60.7 Å². The van der Waals surface area contributed by atoms with Crippen LogP contribution >= 0.6 is 0 Å². The fourth-order valence-corrected chi connectivity index (χ4v) is 2.99. The van der Waals surface area contributed by atoms with Gasteiger partial charge in [-0.25, -0.2) is 0 Å². The van der Waals surface area contributed by atoms with Gasteiger partial charge in [-0.15, -0.1) is 5.73 Å². The highest BCUT2D eigenvalue weighted by molar-refractivity contribution is 5.47. The molecule has 0 spiro atoms. The predicted octanol–water partition coefficient (Wildman–Crippen LogP) is 5.34. The van der Waals surface area contributed by atoms with Gasteiger partial charge in [0, 0.05) is 0 Å². The smallest absolute Gasteiger partial charge is 0.144 e. The average Bonchev–Trinajstić information content (AvgIpc) is 2.68. The van der Waals surface area contributed by atoms with Gasteiger partial charge in [-0.05, 0) is 22.8 Å². The fourth-order valence-electron chi connectivity index (χ4n) is 2.99. The van der Waals surface area contributed by atoms with Gasteiger partial charge in [0.2, 0.25) is 0 Å². The Labute approximate surface area is 143 Å². The Hall–Kier alpha value is -2.86. The van der Waals surface area contributed by atoms with Crippen molar-refractivity contribution in [3.8, 4) is 0 Å². The van der Waals surface area contributed by atoms with E-state index in [1.54, 1.807) is 0 Å². The van der Waals surface area contributed by atoms with Crippen molar-refractivity contribution < 1.29 is 4.74 Å². The van der Waals surface area contributed by atoms with Crippen LogP contribution in [-0.4, -0.2) is 6.61 Å². The molecule has 0 bridgehead atoms. The largest absolute Gasteiger partial charge is 0.356 e. The number of hydrogen-bond donors (Lipinski definition) is 0. The standard InChI is InChI=1S/C23H20O/c1-2-3-19-24-23(20-13-7-4-8-14-20,21-15-9-5-10-16-21)22-17-11-6-12-18-22/h3-18H,1,19H2. The van der Waals surface area contributed by atoms with E-state index >= 15 is 0 Å². The van der Waals surface area contributed by atoms with Gasteiger partial charge >= 0.3 is 0 Å². The molecule has 0 heterocycles. The van der Waals surface area contributed by atoms with Gasteiger partial charge in [-0.1, -0.05) is 97.6 Å². The van der Waals surface area contributed by atoms with Gasteiger partial charge in [-0.2, -0.15) is 0 Å². The van der Waals surface area contributed by atoms with Crippen LogP contribution in [-0.2, 0) is 10.3 Å². The minimum atomic E-state index is -0.670. The zero-order valence-corrected chi connectivity index (χ0v) is 13.6. The summed E-state index contributed by atoms with van der Waals surface area (Å²) in [6, 6.07) is 31.0. The first-order valence-electron chi connectivity index (χ1n) is 8.03. The lowest BCUT2D eigenvalue weighted by Crippen LogP contribution is -2.33. The van der Waals surface area contributed by atoms with Crippen molar-refractivity contribution in [2.24, 2.45) is 0 Å². The molecule has 1 heteroatoms. The van der Waals surface area contributed by atoms with E-state index in [9.17, 15) is 0 Å². The first kappa shape index (κ1) is 16.0. The van der Waals surface area contributed by atoms with Gasteiger partial charge in [0.05, 0.1) is 6.61 Å². The molecule has 24 heavy (non-hydrogen) atoms. The molecule has 0 amide bonds. The molecule has 0 aliphatic heterocycles. The monoisotopic (exact) mass is 312 g/mol. The molecule has 0 aromatic heterocycles. The molecule has 3 aromatic carbocycles. The maximum atomic E-state index is 6.47. The topological polar surface area (TPSA) is 9.23 Å². The van der Waals surface area contributed by atoms with E-state index in [-0.39, 0.29) is 0 Å². The van der Waals surface area contributed by atoms with Crippen molar-refractivity contribution in [1.29, 1.82) is 0 Å². The Morgan fingerprint density at radius 1 is 0.708 bits per heavy atom. The number of benzene rings is 3. The number of ether oxygens (including phenoxy) is 1. The fraction of sp³-hybridized carbons (Fsp3) is 0.0870. The third-order valence-corrected chi connectivity index (χ3v) is 4.07. The normalized spacial score (nSPS) is 10.8. The lowest BCUT2D eigenvalue weighted by Gasteiger charge is -2.35. The van der Waals surface area contributed by atoms with Gasteiger partial charge < -0.3 is 4.74 Å². The van der Waals surface area contributed by atoms with Gasteiger partial charge in [0.1, 0.15) is 5.60 Å². The molecule has 0 N–H and O–H groups in total. The van der Waals surface area contributed by atoms with Crippen LogP contribution in [0.2, 0.25) is 0 Å². The van der Waals surface area contributed by atoms with Crippen LogP contribution in [0.3, 0.4) is 0 Å². The van der Waals surface area contributed by atoms with Crippen molar-refractivity contribution in [2.75, 3.05) is 6.61 Å². The summed E-state index contributed by atoms with van der Waals surface area (Å²) in [5.74, 6) is 0. The van der Waals surface area contributed by atoms with Crippen LogP contribution in [0.1, 0.15) is 16.7 Å². The van der Waals surface area contributed by atoms with Crippen molar-refractivity contribution >= 4 is 0 Å². The van der Waals surface area contributed by atoms with E-state index in [2.05, 4.69) is 48.7 Å². The molecule has 118 valence electrons. The lowest BCUT2D eigenvalue weighted by atomic mass is 9.80. The van der Waals surface area contributed by atoms with Crippen molar-refractivity contribution in [1.82, 2.24) is 0 Å². The quantitative estimate of drug-likeness (QED) is 0.441. The zero-order valence-electron chi connectivity index (χ0n) is 13.6. The maximum Gasteiger partial charge on any atom is 0.144 e. The molecule has 3 rings (SSSR count). The molecule has 0 aliphatic carbocycles. The summed E-state index contributed by atoms with van der Waals surface area (Å²) in [5.41, 5.74) is 5.42. The van der Waals surface area contributed by atoms with E-state index < -0.39 is 5.60 Å². The van der Waals surface area contributed by atoms with E-state index in [4.69, 9.17) is 4.74 Å². The third kappa shape index (κ3) is 3.09. The predicted molar refractivity (Wildman–Crippen MR) is 98.9 cm³/mol. The molecular weight excluding hydrogens is 292 g/mol. The molecule has 3 aromatic rings. The molecule has 0 fully saturated rings. The molecule has 0 aliphatic rings. The summed E-state index contributed by atoms with van der Waals surface area (Å²) in [4.78, 5) is 0. The summed E-state index contributed by atoms with van der Waals surface area (Å²) in [6.07, 6.45) is 1.81. The first-order valence-corrected chi connectivity index (χ1v) is 8.03. The lowest BCUT2D eigenvalue weighted by molar-refractivity contribution is 0.0320. The Kier molecular flexibility index (Phi) is 5.08. The van der Waals surface area contributed by atoms with Gasteiger partial charge in [0.25, 0.3) is 0 Å². The van der Waals surface area contributed by atoms with E-state index in [0.717, 1.165) is 16.7 Å². The molecule has 0 atom stereocenters. The number of hydrogen-bond acceptors (Lipinski definition) is 1. The summed E-state index contributed by atoms with van der Waals surface area (Å²) in [5, 5.41) is 0. The van der Waals surface area contributed by atoms with Gasteiger partial charge in [-0.3, -0.25) is 0 Å². The van der Waals surface area contributed by atoms with Crippen LogP contribution < -0.4 is 0 Å². The van der Waals surface area contributed by atoms with Crippen LogP contribution in [0.5, 0.6) is 0 Å². The second kappa shape index (κ2) is 7.61. The van der Waals surface area contributed by atoms with Crippen molar-refractivity contribution in [3.05, 3.63) is 126 Å². The Morgan fingerprint density at radius 2 is 1.08 bits per heavy atom. The molecule has 0 radical (unpaired) electrons.